The van der Waals surface area contributed by atoms with Crippen molar-refractivity contribution in [3.63, 3.8) is 0 Å². The predicted octanol–water partition coefficient (Wildman–Crippen LogP) is 0.346. The summed E-state index contributed by atoms with van der Waals surface area (Å²) in [4.78, 5) is 0.248. The minimum absolute atomic E-state index is 0.170. The molecule has 20 heavy (non-hydrogen) atoms. The van der Waals surface area contributed by atoms with E-state index in [4.69, 9.17) is 9.47 Å². The summed E-state index contributed by atoms with van der Waals surface area (Å²) in [6, 6.07) is 6.82. The highest BCUT2D eigenvalue weighted by Gasteiger charge is 2.17. The van der Waals surface area contributed by atoms with Gasteiger partial charge < -0.3 is 14.8 Å². The average Bonchev–Trinajstić information content (AvgIpc) is 2.44. The summed E-state index contributed by atoms with van der Waals surface area (Å²) in [5.74, 6) is 0. The molecule has 1 unspecified atom stereocenters. The lowest BCUT2D eigenvalue weighted by molar-refractivity contribution is 0.0320. The Hall–Kier alpha value is -0.990. The molecule has 1 aromatic rings. The normalized spacial score (nSPS) is 13.3. The van der Waals surface area contributed by atoms with E-state index in [0.717, 1.165) is 5.56 Å². The Kier molecular flexibility index (Phi) is 7.11. The van der Waals surface area contributed by atoms with E-state index >= 15 is 0 Å². The first-order valence-corrected chi connectivity index (χ1v) is 7.76. The van der Waals surface area contributed by atoms with E-state index < -0.39 is 10.0 Å². The number of nitrogens with one attached hydrogen (secondary N) is 2. The number of ether oxygens (including phenoxy) is 2. The molecular weight excluding hydrogens is 280 g/mol. The van der Waals surface area contributed by atoms with Gasteiger partial charge in [-0.15, -0.1) is 0 Å². The van der Waals surface area contributed by atoms with E-state index in [9.17, 15) is 8.42 Å². The molecule has 0 aliphatic carbocycles. The highest BCUT2D eigenvalue weighted by molar-refractivity contribution is 7.89. The molecule has 0 spiro atoms. The average molecular weight is 302 g/mol. The van der Waals surface area contributed by atoms with Crippen molar-refractivity contribution >= 4 is 10.0 Å². The summed E-state index contributed by atoms with van der Waals surface area (Å²) < 4.78 is 37.0. The molecule has 0 saturated heterocycles. The SMILES string of the molecule is CNCc1cccc(S(=O)(=O)NCC(COC)OC)c1. The van der Waals surface area contributed by atoms with Gasteiger partial charge in [-0.25, -0.2) is 13.1 Å². The Labute approximate surface area is 120 Å². The van der Waals surface area contributed by atoms with Gasteiger partial charge in [0.25, 0.3) is 0 Å². The van der Waals surface area contributed by atoms with E-state index in [1.165, 1.54) is 7.11 Å². The smallest absolute Gasteiger partial charge is 0.240 e. The zero-order chi connectivity index (χ0) is 15.0. The molecule has 0 fully saturated rings. The lowest BCUT2D eigenvalue weighted by Gasteiger charge is -2.15. The lowest BCUT2D eigenvalue weighted by Crippen LogP contribution is -2.35. The maximum absolute atomic E-state index is 12.2. The van der Waals surface area contributed by atoms with E-state index in [-0.39, 0.29) is 17.5 Å². The molecule has 0 bridgehead atoms. The standard InChI is InChI=1S/C13H22N2O4S/c1-14-8-11-5-4-6-13(7-11)20(16,17)15-9-12(19-3)10-18-2/h4-7,12,14-15H,8-10H2,1-3H3. The number of hydrogen-bond donors (Lipinski definition) is 2. The molecule has 0 aliphatic rings. The van der Waals surface area contributed by atoms with Crippen LogP contribution in [-0.2, 0) is 26.0 Å². The summed E-state index contributed by atoms with van der Waals surface area (Å²) >= 11 is 0. The van der Waals surface area contributed by atoms with Crippen LogP contribution < -0.4 is 10.0 Å². The summed E-state index contributed by atoms with van der Waals surface area (Å²) in [5, 5.41) is 2.99. The Morgan fingerprint density at radius 1 is 1.30 bits per heavy atom. The summed E-state index contributed by atoms with van der Waals surface area (Å²) in [6.45, 7) is 1.12. The van der Waals surface area contributed by atoms with E-state index in [1.54, 1.807) is 25.3 Å². The fourth-order valence-electron chi connectivity index (χ4n) is 1.71. The lowest BCUT2D eigenvalue weighted by atomic mass is 10.2. The van der Waals surface area contributed by atoms with Gasteiger partial charge in [0.05, 0.1) is 17.6 Å². The molecule has 0 amide bonds. The number of sulfonamides is 1. The van der Waals surface area contributed by atoms with Gasteiger partial charge in [0.15, 0.2) is 0 Å². The maximum atomic E-state index is 12.2. The van der Waals surface area contributed by atoms with Crippen LogP contribution >= 0.6 is 0 Å². The molecule has 0 radical (unpaired) electrons. The van der Waals surface area contributed by atoms with Gasteiger partial charge in [0, 0.05) is 27.3 Å². The van der Waals surface area contributed by atoms with Gasteiger partial charge >= 0.3 is 0 Å². The predicted molar refractivity (Wildman–Crippen MR) is 77.1 cm³/mol. The van der Waals surface area contributed by atoms with E-state index in [1.807, 2.05) is 13.1 Å². The topological polar surface area (TPSA) is 76.7 Å². The van der Waals surface area contributed by atoms with E-state index in [0.29, 0.717) is 13.2 Å². The molecule has 0 aliphatic heterocycles. The van der Waals surface area contributed by atoms with Crippen LogP contribution in [0, 0.1) is 0 Å². The Bertz CT molecular complexity index is 505. The summed E-state index contributed by atoms with van der Waals surface area (Å²) in [7, 11) is 1.34. The first-order chi connectivity index (χ1) is 9.53. The number of benzene rings is 1. The third-order valence-electron chi connectivity index (χ3n) is 2.78. The molecule has 1 atom stereocenters. The van der Waals surface area contributed by atoms with Crippen molar-refractivity contribution in [1.29, 1.82) is 0 Å². The third kappa shape index (κ3) is 5.18. The second kappa shape index (κ2) is 8.33. The van der Waals surface area contributed by atoms with Crippen LogP contribution in [0.3, 0.4) is 0 Å². The van der Waals surface area contributed by atoms with Crippen molar-refractivity contribution in [3.05, 3.63) is 29.8 Å². The van der Waals surface area contributed by atoms with Crippen LogP contribution in [0.4, 0.5) is 0 Å². The Morgan fingerprint density at radius 3 is 2.65 bits per heavy atom. The van der Waals surface area contributed by atoms with Gasteiger partial charge in [-0.1, -0.05) is 12.1 Å². The van der Waals surface area contributed by atoms with Crippen LogP contribution in [0.5, 0.6) is 0 Å². The molecule has 0 aromatic heterocycles. The molecule has 0 saturated carbocycles. The van der Waals surface area contributed by atoms with Crippen LogP contribution in [0.2, 0.25) is 0 Å². The highest BCUT2D eigenvalue weighted by Crippen LogP contribution is 2.11. The zero-order valence-corrected chi connectivity index (χ0v) is 12.9. The minimum atomic E-state index is -3.54. The fraction of sp³-hybridized carbons (Fsp3) is 0.538. The first kappa shape index (κ1) is 17.1. The third-order valence-corrected chi connectivity index (χ3v) is 4.20. The second-order valence-electron chi connectivity index (χ2n) is 4.34. The number of hydrogen-bond acceptors (Lipinski definition) is 5. The molecule has 2 N–H and O–H groups in total. The van der Waals surface area contributed by atoms with Gasteiger partial charge in [0.2, 0.25) is 10.0 Å². The number of rotatable bonds is 9. The quantitative estimate of drug-likeness (QED) is 0.688. The maximum Gasteiger partial charge on any atom is 0.240 e. The van der Waals surface area contributed by atoms with Crippen molar-refractivity contribution in [1.82, 2.24) is 10.0 Å². The summed E-state index contributed by atoms with van der Waals surface area (Å²) in [6.07, 6.45) is -0.310. The fourth-order valence-corrected chi connectivity index (χ4v) is 2.85. The van der Waals surface area contributed by atoms with Gasteiger partial charge in [-0.3, -0.25) is 0 Å². The molecule has 0 heterocycles. The van der Waals surface area contributed by atoms with Crippen LogP contribution in [0.15, 0.2) is 29.2 Å². The monoisotopic (exact) mass is 302 g/mol. The number of methoxy groups -OCH3 is 2. The molecule has 7 heteroatoms. The van der Waals surface area contributed by atoms with Gasteiger partial charge in [-0.05, 0) is 24.7 Å². The van der Waals surface area contributed by atoms with E-state index in [2.05, 4.69) is 10.0 Å². The van der Waals surface area contributed by atoms with Crippen LogP contribution in [0.1, 0.15) is 5.56 Å². The zero-order valence-electron chi connectivity index (χ0n) is 12.0. The highest BCUT2D eigenvalue weighted by atomic mass is 32.2. The molecular formula is C13H22N2O4S. The van der Waals surface area contributed by atoms with Crippen LogP contribution in [0.25, 0.3) is 0 Å². The van der Waals surface area contributed by atoms with Crippen molar-refractivity contribution in [2.75, 3.05) is 34.4 Å². The second-order valence-corrected chi connectivity index (χ2v) is 6.11. The van der Waals surface area contributed by atoms with Gasteiger partial charge in [0.1, 0.15) is 0 Å². The van der Waals surface area contributed by atoms with Crippen molar-refractivity contribution in [2.24, 2.45) is 0 Å². The molecule has 1 aromatic carbocycles. The molecule has 6 nitrogen and oxygen atoms in total. The Morgan fingerprint density at radius 2 is 2.05 bits per heavy atom. The first-order valence-electron chi connectivity index (χ1n) is 6.28. The van der Waals surface area contributed by atoms with Crippen molar-refractivity contribution in [2.45, 2.75) is 17.5 Å². The summed E-state index contributed by atoms with van der Waals surface area (Å²) in [5.41, 5.74) is 0.913. The largest absolute Gasteiger partial charge is 0.382 e. The van der Waals surface area contributed by atoms with Crippen molar-refractivity contribution < 1.29 is 17.9 Å². The van der Waals surface area contributed by atoms with Crippen molar-refractivity contribution in [3.8, 4) is 0 Å². The Balaban J connectivity index is 2.75. The van der Waals surface area contributed by atoms with Crippen LogP contribution in [-0.4, -0.2) is 48.9 Å². The minimum Gasteiger partial charge on any atom is -0.382 e. The molecule has 114 valence electrons. The van der Waals surface area contributed by atoms with Gasteiger partial charge in [-0.2, -0.15) is 0 Å². The molecule has 1 rings (SSSR count).